The lowest BCUT2D eigenvalue weighted by Crippen LogP contribution is -1.96. The predicted molar refractivity (Wildman–Crippen MR) is 61.6 cm³/mol. The minimum absolute atomic E-state index is 0.0240. The fourth-order valence-corrected chi connectivity index (χ4v) is 1.66. The molecule has 0 bridgehead atoms. The van der Waals surface area contributed by atoms with Gasteiger partial charge < -0.3 is 4.74 Å². The van der Waals surface area contributed by atoms with Gasteiger partial charge in [0, 0.05) is 11.3 Å². The molecule has 0 spiro atoms. The fourth-order valence-electron chi connectivity index (χ4n) is 1.24. The zero-order valence-corrected chi connectivity index (χ0v) is 9.71. The van der Waals surface area contributed by atoms with E-state index in [2.05, 4.69) is 0 Å². The van der Waals surface area contributed by atoms with Gasteiger partial charge in [-0.25, -0.2) is 0 Å². The Morgan fingerprint density at radius 3 is 2.67 bits per heavy atom. The number of thioether (sulfide) groups is 1. The van der Waals surface area contributed by atoms with Crippen LogP contribution >= 0.6 is 11.8 Å². The van der Waals surface area contributed by atoms with Gasteiger partial charge in [0.25, 0.3) is 0 Å². The van der Waals surface area contributed by atoms with Crippen LogP contribution in [0.4, 0.5) is 5.69 Å². The van der Waals surface area contributed by atoms with Gasteiger partial charge >= 0.3 is 5.69 Å². The summed E-state index contributed by atoms with van der Waals surface area (Å²) in [6.45, 7) is 2.01. The Hall–Kier alpha value is -1.23. The first-order valence-electron chi connectivity index (χ1n) is 4.45. The Kier molecular flexibility index (Phi) is 3.96. The van der Waals surface area contributed by atoms with Crippen LogP contribution in [0.2, 0.25) is 0 Å². The summed E-state index contributed by atoms with van der Waals surface area (Å²) in [5.41, 5.74) is 0.964. The Labute approximate surface area is 92.8 Å². The highest BCUT2D eigenvalue weighted by molar-refractivity contribution is 7.98. The Morgan fingerprint density at radius 1 is 1.53 bits per heavy atom. The molecule has 1 aromatic rings. The highest BCUT2D eigenvalue weighted by atomic mass is 32.2. The number of ether oxygens (including phenoxy) is 1. The summed E-state index contributed by atoms with van der Waals surface area (Å²) in [4.78, 5) is 10.3. The molecule has 0 aliphatic rings. The van der Waals surface area contributed by atoms with Gasteiger partial charge in [0.05, 0.1) is 12.0 Å². The van der Waals surface area contributed by atoms with E-state index in [1.165, 1.54) is 7.11 Å². The molecule has 0 radical (unpaired) electrons. The molecule has 0 aromatic heterocycles. The third-order valence-corrected chi connectivity index (χ3v) is 3.20. The fraction of sp³-hybridized carbons (Fsp3) is 0.400. The maximum atomic E-state index is 10.8. The van der Waals surface area contributed by atoms with Crippen molar-refractivity contribution >= 4 is 17.4 Å². The zero-order valence-electron chi connectivity index (χ0n) is 8.89. The average molecular weight is 227 g/mol. The van der Waals surface area contributed by atoms with Crippen LogP contribution in [0.3, 0.4) is 0 Å². The van der Waals surface area contributed by atoms with Gasteiger partial charge in [0.1, 0.15) is 0 Å². The molecule has 0 fully saturated rings. The van der Waals surface area contributed by atoms with Crippen LogP contribution in [-0.2, 0) is 0 Å². The number of hydrogen-bond donors (Lipinski definition) is 0. The largest absolute Gasteiger partial charge is 0.490 e. The summed E-state index contributed by atoms with van der Waals surface area (Å²) >= 11 is 1.65. The highest BCUT2D eigenvalue weighted by Crippen LogP contribution is 2.33. The third-order valence-electron chi connectivity index (χ3n) is 2.22. The summed E-state index contributed by atoms with van der Waals surface area (Å²) < 4.78 is 4.93. The lowest BCUT2D eigenvalue weighted by atomic mass is 10.1. The highest BCUT2D eigenvalue weighted by Gasteiger charge is 2.16. The minimum Gasteiger partial charge on any atom is -0.490 e. The molecule has 15 heavy (non-hydrogen) atoms. The van der Waals surface area contributed by atoms with Crippen molar-refractivity contribution < 1.29 is 9.66 Å². The summed E-state index contributed by atoms with van der Waals surface area (Å²) in [6, 6.07) is 5.06. The van der Waals surface area contributed by atoms with Crippen LogP contribution < -0.4 is 4.74 Å². The van der Waals surface area contributed by atoms with E-state index >= 15 is 0 Å². The van der Waals surface area contributed by atoms with E-state index in [4.69, 9.17) is 4.74 Å². The Bertz CT molecular complexity index is 368. The number of nitrogens with zero attached hydrogens (tertiary/aromatic N) is 1. The molecule has 82 valence electrons. The molecule has 0 aliphatic heterocycles. The van der Waals surface area contributed by atoms with E-state index in [1.54, 1.807) is 23.9 Å². The van der Waals surface area contributed by atoms with Gasteiger partial charge in [-0.1, -0.05) is 6.07 Å². The van der Waals surface area contributed by atoms with Crippen molar-refractivity contribution in [1.29, 1.82) is 0 Å². The molecule has 0 heterocycles. The molecule has 0 aliphatic carbocycles. The quantitative estimate of drug-likeness (QED) is 0.586. The van der Waals surface area contributed by atoms with Crippen LogP contribution in [0.5, 0.6) is 5.75 Å². The van der Waals surface area contributed by atoms with Crippen molar-refractivity contribution in [2.24, 2.45) is 0 Å². The van der Waals surface area contributed by atoms with Crippen LogP contribution in [0.25, 0.3) is 0 Å². The molecule has 0 saturated heterocycles. The Balaban J connectivity index is 3.16. The lowest BCUT2D eigenvalue weighted by Gasteiger charge is -2.09. The summed E-state index contributed by atoms with van der Waals surface area (Å²) in [6.07, 6.45) is 1.97. The number of nitro groups is 1. The first-order valence-corrected chi connectivity index (χ1v) is 5.74. The topological polar surface area (TPSA) is 52.4 Å². The number of benzene rings is 1. The van der Waals surface area contributed by atoms with Crippen LogP contribution in [0.15, 0.2) is 18.2 Å². The molecule has 0 saturated carbocycles. The molecule has 4 nitrogen and oxygen atoms in total. The van der Waals surface area contributed by atoms with E-state index in [0.717, 1.165) is 5.56 Å². The van der Waals surface area contributed by atoms with Crippen LogP contribution in [-0.4, -0.2) is 18.3 Å². The van der Waals surface area contributed by atoms with E-state index in [9.17, 15) is 10.1 Å². The van der Waals surface area contributed by atoms with E-state index < -0.39 is 4.92 Å². The summed E-state index contributed by atoms with van der Waals surface area (Å²) in [7, 11) is 1.43. The monoisotopic (exact) mass is 227 g/mol. The van der Waals surface area contributed by atoms with E-state index in [1.807, 2.05) is 19.2 Å². The van der Waals surface area contributed by atoms with Crippen molar-refractivity contribution in [3.8, 4) is 5.75 Å². The molecule has 1 unspecified atom stereocenters. The first-order chi connectivity index (χ1) is 7.10. The van der Waals surface area contributed by atoms with E-state index in [-0.39, 0.29) is 10.9 Å². The molecule has 1 rings (SSSR count). The lowest BCUT2D eigenvalue weighted by molar-refractivity contribution is -0.385. The summed E-state index contributed by atoms with van der Waals surface area (Å²) in [5, 5.41) is 11.0. The predicted octanol–water partition coefficient (Wildman–Crippen LogP) is 3.03. The van der Waals surface area contributed by atoms with Gasteiger partial charge in [0.2, 0.25) is 0 Å². The third kappa shape index (κ3) is 2.62. The standard InChI is InChI=1S/C10H13NO3S/c1-7(15-3)8-4-5-10(14-2)9(6-8)11(12)13/h4-7H,1-3H3. The van der Waals surface area contributed by atoms with Gasteiger partial charge in [-0.05, 0) is 24.8 Å². The van der Waals surface area contributed by atoms with Gasteiger partial charge in [-0.15, -0.1) is 0 Å². The minimum atomic E-state index is -0.421. The molecule has 5 heteroatoms. The van der Waals surface area contributed by atoms with Crippen molar-refractivity contribution in [1.82, 2.24) is 0 Å². The number of methoxy groups -OCH3 is 1. The van der Waals surface area contributed by atoms with Crippen molar-refractivity contribution in [2.45, 2.75) is 12.2 Å². The smallest absolute Gasteiger partial charge is 0.311 e. The number of rotatable bonds is 4. The number of nitro benzene ring substituents is 1. The maximum Gasteiger partial charge on any atom is 0.311 e. The molecule has 1 aromatic carbocycles. The SMILES string of the molecule is COc1ccc(C(C)SC)cc1[N+](=O)[O-]. The van der Waals surface area contributed by atoms with Crippen molar-refractivity contribution in [3.63, 3.8) is 0 Å². The zero-order chi connectivity index (χ0) is 11.4. The second-order valence-corrected chi connectivity index (χ2v) is 4.24. The normalized spacial score (nSPS) is 12.2. The second kappa shape index (κ2) is 5.02. The molecular formula is C10H13NO3S. The summed E-state index contributed by atoms with van der Waals surface area (Å²) in [5.74, 6) is 0.303. The molecule has 1 atom stereocenters. The molecular weight excluding hydrogens is 214 g/mol. The van der Waals surface area contributed by atoms with Crippen LogP contribution in [0, 0.1) is 10.1 Å². The first kappa shape index (κ1) is 11.8. The second-order valence-electron chi connectivity index (χ2n) is 3.07. The van der Waals surface area contributed by atoms with Gasteiger partial charge in [-0.3, -0.25) is 10.1 Å². The molecule has 0 N–H and O–H groups in total. The average Bonchev–Trinajstić information content (AvgIpc) is 2.27. The van der Waals surface area contributed by atoms with Crippen molar-refractivity contribution in [2.75, 3.05) is 13.4 Å². The Morgan fingerprint density at radius 2 is 2.20 bits per heavy atom. The van der Waals surface area contributed by atoms with E-state index in [0.29, 0.717) is 5.75 Å². The van der Waals surface area contributed by atoms with Crippen molar-refractivity contribution in [3.05, 3.63) is 33.9 Å². The molecule has 0 amide bonds. The number of hydrogen-bond acceptors (Lipinski definition) is 4. The van der Waals surface area contributed by atoms with Crippen LogP contribution in [0.1, 0.15) is 17.7 Å². The maximum absolute atomic E-state index is 10.8. The van der Waals surface area contributed by atoms with Gasteiger partial charge in [0.15, 0.2) is 5.75 Å². The van der Waals surface area contributed by atoms with Gasteiger partial charge in [-0.2, -0.15) is 11.8 Å².